The summed E-state index contributed by atoms with van der Waals surface area (Å²) in [6, 6.07) is 9.83. The molecule has 0 aromatic heterocycles. The summed E-state index contributed by atoms with van der Waals surface area (Å²) in [5, 5.41) is 0. The number of aliphatic imine (C=N–C) groups is 1. The molecular formula is C8H6ClN. The van der Waals surface area contributed by atoms with E-state index in [0.717, 1.165) is 5.56 Å². The average molecular weight is 152 g/mol. The first-order valence-electron chi connectivity index (χ1n) is 3.12. The molecule has 0 N–H and O–H groups in total. The molecule has 1 atom stereocenters. The van der Waals surface area contributed by atoms with Crippen molar-refractivity contribution in [2.45, 2.75) is 5.00 Å². The Morgan fingerprint density at radius 1 is 1.20 bits per heavy atom. The minimum atomic E-state index is -0.485. The van der Waals surface area contributed by atoms with Gasteiger partial charge in [0.15, 0.2) is 5.00 Å². The molecule has 0 aliphatic carbocycles. The standard InChI is InChI=1S/C8H6ClN/c9-8(6-10-8)7-4-2-1-3-5-7/h1-6H. The zero-order valence-corrected chi connectivity index (χ0v) is 6.05. The number of hydrogen-bond donors (Lipinski definition) is 0. The molecular weight excluding hydrogens is 146 g/mol. The lowest BCUT2D eigenvalue weighted by molar-refractivity contribution is 1.03. The highest BCUT2D eigenvalue weighted by molar-refractivity contribution is 6.36. The average Bonchev–Trinajstić information content (AvgIpc) is 2.72. The van der Waals surface area contributed by atoms with Gasteiger partial charge in [-0.05, 0) is 5.56 Å². The highest BCUT2D eigenvalue weighted by Crippen LogP contribution is 2.37. The Balaban J connectivity index is 2.36. The molecule has 1 nitrogen and oxygen atoms in total. The minimum Gasteiger partial charge on any atom is -0.260 e. The van der Waals surface area contributed by atoms with Gasteiger partial charge >= 0.3 is 0 Å². The van der Waals surface area contributed by atoms with E-state index in [9.17, 15) is 0 Å². The fourth-order valence-electron chi connectivity index (χ4n) is 0.878. The third kappa shape index (κ3) is 0.830. The van der Waals surface area contributed by atoms with Gasteiger partial charge in [-0.1, -0.05) is 41.9 Å². The van der Waals surface area contributed by atoms with Gasteiger partial charge in [0.2, 0.25) is 0 Å². The predicted molar refractivity (Wildman–Crippen MR) is 42.5 cm³/mol. The van der Waals surface area contributed by atoms with Crippen LogP contribution in [-0.4, -0.2) is 6.21 Å². The van der Waals surface area contributed by atoms with Crippen molar-refractivity contribution in [1.29, 1.82) is 0 Å². The van der Waals surface area contributed by atoms with Gasteiger partial charge in [0, 0.05) is 6.21 Å². The lowest BCUT2D eigenvalue weighted by atomic mass is 10.1. The van der Waals surface area contributed by atoms with Crippen LogP contribution in [0.25, 0.3) is 0 Å². The van der Waals surface area contributed by atoms with E-state index in [0.29, 0.717) is 0 Å². The van der Waals surface area contributed by atoms with Crippen molar-refractivity contribution in [2.24, 2.45) is 4.99 Å². The summed E-state index contributed by atoms with van der Waals surface area (Å²) in [6.07, 6.45) is 1.74. The summed E-state index contributed by atoms with van der Waals surface area (Å²) in [5.74, 6) is 0. The third-order valence-corrected chi connectivity index (χ3v) is 1.95. The second kappa shape index (κ2) is 1.83. The summed E-state index contributed by atoms with van der Waals surface area (Å²) < 4.78 is 0. The van der Waals surface area contributed by atoms with E-state index >= 15 is 0 Å². The molecule has 1 aromatic carbocycles. The second-order valence-electron chi connectivity index (χ2n) is 2.30. The maximum absolute atomic E-state index is 5.95. The third-order valence-electron chi connectivity index (χ3n) is 1.53. The number of benzene rings is 1. The number of nitrogens with zero attached hydrogens (tertiary/aromatic N) is 1. The van der Waals surface area contributed by atoms with E-state index in [2.05, 4.69) is 4.99 Å². The smallest absolute Gasteiger partial charge is 0.193 e. The van der Waals surface area contributed by atoms with Crippen LogP contribution in [0.4, 0.5) is 0 Å². The Labute approximate surface area is 64.4 Å². The molecule has 1 heterocycles. The quantitative estimate of drug-likeness (QED) is 0.431. The Hall–Kier alpha value is -0.820. The van der Waals surface area contributed by atoms with Crippen LogP contribution in [0.1, 0.15) is 5.56 Å². The largest absolute Gasteiger partial charge is 0.260 e. The van der Waals surface area contributed by atoms with Crippen LogP contribution in [-0.2, 0) is 5.00 Å². The van der Waals surface area contributed by atoms with Gasteiger partial charge in [0.1, 0.15) is 0 Å². The Morgan fingerprint density at radius 2 is 1.80 bits per heavy atom. The fraction of sp³-hybridized carbons (Fsp3) is 0.125. The molecule has 0 saturated heterocycles. The van der Waals surface area contributed by atoms with Crippen LogP contribution >= 0.6 is 11.6 Å². The van der Waals surface area contributed by atoms with Crippen LogP contribution in [0.2, 0.25) is 0 Å². The van der Waals surface area contributed by atoms with Gasteiger partial charge in [0.05, 0.1) is 0 Å². The van der Waals surface area contributed by atoms with Crippen molar-refractivity contribution >= 4 is 17.8 Å². The number of alkyl halides is 1. The summed E-state index contributed by atoms with van der Waals surface area (Å²) >= 11 is 5.95. The van der Waals surface area contributed by atoms with Crippen LogP contribution in [0.3, 0.4) is 0 Å². The van der Waals surface area contributed by atoms with Gasteiger partial charge < -0.3 is 0 Å². The first kappa shape index (κ1) is 5.93. The van der Waals surface area contributed by atoms with Gasteiger partial charge in [-0.15, -0.1) is 0 Å². The minimum absolute atomic E-state index is 0.485. The van der Waals surface area contributed by atoms with Gasteiger partial charge in [-0.25, -0.2) is 0 Å². The van der Waals surface area contributed by atoms with Crippen molar-refractivity contribution in [1.82, 2.24) is 0 Å². The van der Waals surface area contributed by atoms with Crippen LogP contribution in [0.15, 0.2) is 35.3 Å². The maximum Gasteiger partial charge on any atom is 0.193 e. The first-order valence-corrected chi connectivity index (χ1v) is 3.50. The van der Waals surface area contributed by atoms with E-state index in [-0.39, 0.29) is 0 Å². The molecule has 1 unspecified atom stereocenters. The lowest BCUT2D eigenvalue weighted by Crippen LogP contribution is -1.98. The highest BCUT2D eigenvalue weighted by Gasteiger charge is 2.35. The SMILES string of the molecule is ClC1(c2ccccc2)C=N1. The van der Waals surface area contributed by atoms with Gasteiger partial charge in [-0.3, -0.25) is 4.99 Å². The monoisotopic (exact) mass is 151 g/mol. The van der Waals surface area contributed by atoms with E-state index in [1.807, 2.05) is 30.3 Å². The summed E-state index contributed by atoms with van der Waals surface area (Å²) in [7, 11) is 0. The normalized spacial score (nSPS) is 28.5. The predicted octanol–water partition coefficient (Wildman–Crippen LogP) is 2.16. The van der Waals surface area contributed by atoms with E-state index in [1.54, 1.807) is 6.21 Å². The topological polar surface area (TPSA) is 12.4 Å². The van der Waals surface area contributed by atoms with E-state index in [4.69, 9.17) is 11.6 Å². The summed E-state index contributed by atoms with van der Waals surface area (Å²) in [5.41, 5.74) is 1.05. The number of rotatable bonds is 1. The molecule has 0 bridgehead atoms. The first-order chi connectivity index (χ1) is 4.81. The molecule has 0 amide bonds. The van der Waals surface area contributed by atoms with Crippen molar-refractivity contribution in [3.63, 3.8) is 0 Å². The molecule has 0 radical (unpaired) electrons. The highest BCUT2D eigenvalue weighted by atomic mass is 35.5. The molecule has 0 spiro atoms. The molecule has 50 valence electrons. The number of hydrogen-bond acceptors (Lipinski definition) is 1. The van der Waals surface area contributed by atoms with Gasteiger partial charge in [0.25, 0.3) is 0 Å². The molecule has 1 aliphatic heterocycles. The lowest BCUT2D eigenvalue weighted by Gasteiger charge is -2.01. The van der Waals surface area contributed by atoms with Gasteiger partial charge in [-0.2, -0.15) is 0 Å². The number of halogens is 1. The fourth-order valence-corrected chi connectivity index (χ4v) is 1.05. The van der Waals surface area contributed by atoms with Crippen molar-refractivity contribution in [2.75, 3.05) is 0 Å². The zero-order valence-electron chi connectivity index (χ0n) is 5.29. The zero-order chi connectivity index (χ0) is 7.03. The molecule has 0 fully saturated rings. The Bertz CT molecular complexity index is 260. The molecule has 1 aliphatic rings. The van der Waals surface area contributed by atoms with Crippen LogP contribution in [0, 0.1) is 0 Å². The van der Waals surface area contributed by atoms with Crippen LogP contribution < -0.4 is 0 Å². The van der Waals surface area contributed by atoms with Crippen molar-refractivity contribution in [3.8, 4) is 0 Å². The van der Waals surface area contributed by atoms with Crippen LogP contribution in [0.5, 0.6) is 0 Å². The molecule has 10 heavy (non-hydrogen) atoms. The Morgan fingerprint density at radius 3 is 2.30 bits per heavy atom. The van der Waals surface area contributed by atoms with E-state index < -0.39 is 5.00 Å². The maximum atomic E-state index is 5.95. The van der Waals surface area contributed by atoms with Crippen molar-refractivity contribution in [3.05, 3.63) is 35.9 Å². The second-order valence-corrected chi connectivity index (χ2v) is 2.87. The molecule has 2 rings (SSSR count). The summed E-state index contributed by atoms with van der Waals surface area (Å²) in [4.78, 5) is 3.46. The Kier molecular flexibility index (Phi) is 1.08. The van der Waals surface area contributed by atoms with Crippen molar-refractivity contribution < 1.29 is 0 Å². The molecule has 2 heteroatoms. The molecule has 0 saturated carbocycles. The molecule has 1 aromatic rings. The van der Waals surface area contributed by atoms with E-state index in [1.165, 1.54) is 0 Å². The summed E-state index contributed by atoms with van der Waals surface area (Å²) in [6.45, 7) is 0.